The molecule has 1 aliphatic carbocycles. The zero-order valence-electron chi connectivity index (χ0n) is 14.8. The average Bonchev–Trinajstić information content (AvgIpc) is 3.07. The fraction of sp³-hybridized carbons (Fsp3) is 0.588. The SMILES string of the molecule is COCCN(C)CCC(N)c1n[n+]([O-])c2cc3c(cc2[n+]1[O-])CCC3. The van der Waals surface area contributed by atoms with E-state index >= 15 is 0 Å². The first-order valence-electron chi connectivity index (χ1n) is 8.63. The highest BCUT2D eigenvalue weighted by atomic mass is 16.5. The van der Waals surface area contributed by atoms with E-state index in [0.717, 1.165) is 41.7 Å². The van der Waals surface area contributed by atoms with Gasteiger partial charge >= 0.3 is 11.3 Å². The maximum absolute atomic E-state index is 12.7. The number of ether oxygens (including phenoxy) is 1. The molecule has 0 amide bonds. The number of hydrogen-bond donors (Lipinski definition) is 1. The molecule has 0 radical (unpaired) electrons. The molecule has 1 atom stereocenters. The molecular formula is C17H25N5O3. The molecule has 0 saturated heterocycles. The van der Waals surface area contributed by atoms with Crippen LogP contribution in [0.1, 0.15) is 35.8 Å². The summed E-state index contributed by atoms with van der Waals surface area (Å²) in [7, 11) is 3.62. The molecule has 3 rings (SSSR count). The van der Waals surface area contributed by atoms with Crippen LogP contribution in [0.3, 0.4) is 0 Å². The molecule has 0 fully saturated rings. The zero-order valence-corrected chi connectivity index (χ0v) is 14.8. The van der Waals surface area contributed by atoms with Crippen molar-refractivity contribution in [3.05, 3.63) is 39.5 Å². The Bertz CT molecular complexity index is 768. The summed E-state index contributed by atoms with van der Waals surface area (Å²) < 4.78 is 5.76. The third-order valence-electron chi connectivity index (χ3n) is 4.85. The lowest BCUT2D eigenvalue weighted by Gasteiger charge is -2.18. The first-order chi connectivity index (χ1) is 12.0. The number of fused-ring (bicyclic) bond motifs is 2. The van der Waals surface area contributed by atoms with Crippen LogP contribution in [0, 0.1) is 10.4 Å². The predicted molar refractivity (Wildman–Crippen MR) is 92.6 cm³/mol. The number of nitrogens with two attached hydrogens (primary N) is 1. The first-order valence-corrected chi connectivity index (χ1v) is 8.63. The van der Waals surface area contributed by atoms with Gasteiger partial charge in [-0.2, -0.15) is 0 Å². The standard InChI is InChI=1S/C17H25N5O3/c1-20(8-9-25-2)7-6-14(18)17-19-22(24)16-11-13-5-3-4-12(13)10-15(16)21(17)23/h10-11,14H,3-9,18H2,1-2H3. The van der Waals surface area contributed by atoms with Crippen molar-refractivity contribution in [2.24, 2.45) is 5.73 Å². The molecule has 2 N–H and O–H groups in total. The van der Waals surface area contributed by atoms with Gasteiger partial charge in [0.25, 0.3) is 0 Å². The summed E-state index contributed by atoms with van der Waals surface area (Å²) in [5.41, 5.74) is 9.09. The molecule has 1 aromatic heterocycles. The molecule has 1 unspecified atom stereocenters. The first kappa shape index (κ1) is 17.8. The molecule has 8 nitrogen and oxygen atoms in total. The van der Waals surface area contributed by atoms with E-state index in [1.54, 1.807) is 13.2 Å². The maximum atomic E-state index is 12.7. The van der Waals surface area contributed by atoms with Crippen LogP contribution in [0.5, 0.6) is 0 Å². The van der Waals surface area contributed by atoms with Crippen LogP contribution < -0.4 is 15.3 Å². The smallest absolute Gasteiger partial charge is 0.393 e. The molecule has 2 aromatic rings. The van der Waals surface area contributed by atoms with Crippen molar-refractivity contribution in [2.75, 3.05) is 33.9 Å². The summed E-state index contributed by atoms with van der Waals surface area (Å²) in [6, 6.07) is 3.02. The van der Waals surface area contributed by atoms with Gasteiger partial charge in [-0.05, 0) is 49.9 Å². The molecule has 0 aliphatic heterocycles. The lowest BCUT2D eigenvalue weighted by molar-refractivity contribution is -0.686. The second-order valence-corrected chi connectivity index (χ2v) is 6.68. The van der Waals surface area contributed by atoms with Crippen LogP contribution in [-0.4, -0.2) is 43.9 Å². The average molecular weight is 347 g/mol. The Morgan fingerprint density at radius 2 is 1.92 bits per heavy atom. The number of benzene rings is 1. The summed E-state index contributed by atoms with van der Waals surface area (Å²) in [4.78, 5) is 2.60. The van der Waals surface area contributed by atoms with Crippen LogP contribution in [0.2, 0.25) is 0 Å². The molecule has 1 aliphatic rings. The summed E-state index contributed by atoms with van der Waals surface area (Å²) in [5.74, 6) is 0.0700. The Balaban J connectivity index is 1.84. The number of hydrogen-bond acceptors (Lipinski definition) is 6. The van der Waals surface area contributed by atoms with E-state index < -0.39 is 6.04 Å². The van der Waals surface area contributed by atoms with Gasteiger partial charge in [0.1, 0.15) is 6.04 Å². The molecule has 8 heteroatoms. The van der Waals surface area contributed by atoms with E-state index in [9.17, 15) is 10.4 Å². The van der Waals surface area contributed by atoms with Crippen molar-refractivity contribution in [3.63, 3.8) is 0 Å². The Hall–Kier alpha value is -2.03. The number of aromatic nitrogens is 3. The van der Waals surface area contributed by atoms with E-state index in [1.165, 1.54) is 0 Å². The lowest BCUT2D eigenvalue weighted by Crippen LogP contribution is -2.48. The maximum Gasteiger partial charge on any atom is 0.393 e. The van der Waals surface area contributed by atoms with Gasteiger partial charge in [0.15, 0.2) is 0 Å². The summed E-state index contributed by atoms with van der Waals surface area (Å²) in [6.45, 7) is 2.10. The number of methoxy groups -OCH3 is 1. The van der Waals surface area contributed by atoms with Gasteiger partial charge < -0.3 is 25.8 Å². The Kier molecular flexibility index (Phi) is 5.31. The summed E-state index contributed by atoms with van der Waals surface area (Å²) in [5, 5.41) is 28.9. The normalized spacial score (nSPS) is 15.0. The van der Waals surface area contributed by atoms with Crippen molar-refractivity contribution >= 4 is 11.0 Å². The molecule has 0 bridgehead atoms. The highest BCUT2D eigenvalue weighted by Gasteiger charge is 2.29. The van der Waals surface area contributed by atoms with Gasteiger partial charge in [-0.1, -0.05) is 0 Å². The minimum absolute atomic E-state index is 0.0700. The predicted octanol–water partition coefficient (Wildman–Crippen LogP) is -0.0416. The van der Waals surface area contributed by atoms with Gasteiger partial charge in [0, 0.05) is 26.3 Å². The molecule has 1 aromatic carbocycles. The fourth-order valence-electron chi connectivity index (χ4n) is 3.30. The summed E-state index contributed by atoms with van der Waals surface area (Å²) in [6.07, 6.45) is 3.47. The van der Waals surface area contributed by atoms with E-state index in [1.807, 2.05) is 13.1 Å². The monoisotopic (exact) mass is 347 g/mol. The van der Waals surface area contributed by atoms with Crippen molar-refractivity contribution in [2.45, 2.75) is 31.7 Å². The highest BCUT2D eigenvalue weighted by molar-refractivity contribution is 5.70. The van der Waals surface area contributed by atoms with Crippen molar-refractivity contribution in [3.8, 4) is 0 Å². The number of aryl methyl sites for hydroxylation is 2. The minimum Gasteiger partial charge on any atom is -0.710 e. The van der Waals surface area contributed by atoms with Crippen LogP contribution >= 0.6 is 0 Å². The molecule has 0 spiro atoms. The number of likely N-dealkylation sites (N-methyl/N-ethyl adjacent to an activating group) is 1. The van der Waals surface area contributed by atoms with Crippen molar-refractivity contribution < 1.29 is 14.3 Å². The van der Waals surface area contributed by atoms with Crippen molar-refractivity contribution in [1.29, 1.82) is 0 Å². The minimum atomic E-state index is -0.597. The largest absolute Gasteiger partial charge is 0.710 e. The summed E-state index contributed by atoms with van der Waals surface area (Å²) >= 11 is 0. The molecule has 1 heterocycles. The van der Waals surface area contributed by atoms with Crippen LogP contribution in [0.25, 0.3) is 11.0 Å². The van der Waals surface area contributed by atoms with Crippen LogP contribution in [-0.2, 0) is 17.6 Å². The Morgan fingerprint density at radius 1 is 1.24 bits per heavy atom. The van der Waals surface area contributed by atoms with Gasteiger partial charge in [-0.15, -0.1) is 0 Å². The van der Waals surface area contributed by atoms with E-state index in [4.69, 9.17) is 10.5 Å². The number of nitrogens with zero attached hydrogens (tertiary/aromatic N) is 4. The van der Waals surface area contributed by atoms with Crippen molar-refractivity contribution in [1.82, 2.24) is 10.00 Å². The van der Waals surface area contributed by atoms with Gasteiger partial charge in [-0.3, -0.25) is 0 Å². The van der Waals surface area contributed by atoms with E-state index in [0.29, 0.717) is 35.5 Å². The third-order valence-corrected chi connectivity index (χ3v) is 4.85. The van der Waals surface area contributed by atoms with Gasteiger partial charge in [0.05, 0.1) is 11.5 Å². The van der Waals surface area contributed by atoms with E-state index in [-0.39, 0.29) is 5.82 Å². The third kappa shape index (κ3) is 3.65. The second kappa shape index (κ2) is 7.47. The molecular weight excluding hydrogens is 322 g/mol. The topological polar surface area (TPSA) is 105 Å². The van der Waals surface area contributed by atoms with E-state index in [2.05, 4.69) is 10.00 Å². The van der Waals surface area contributed by atoms with Gasteiger partial charge in [-0.25, -0.2) is 4.73 Å². The zero-order chi connectivity index (χ0) is 18.0. The van der Waals surface area contributed by atoms with Crippen LogP contribution in [0.4, 0.5) is 0 Å². The fourth-order valence-corrected chi connectivity index (χ4v) is 3.30. The Labute approximate surface area is 147 Å². The highest BCUT2D eigenvalue weighted by Crippen LogP contribution is 2.24. The lowest BCUT2D eigenvalue weighted by atomic mass is 10.1. The van der Waals surface area contributed by atoms with Gasteiger partial charge in [0.2, 0.25) is 10.6 Å². The number of rotatable bonds is 7. The molecule has 25 heavy (non-hydrogen) atoms. The molecule has 136 valence electrons. The quantitative estimate of drug-likeness (QED) is 0.556. The Morgan fingerprint density at radius 3 is 2.60 bits per heavy atom. The van der Waals surface area contributed by atoms with Crippen LogP contribution in [0.15, 0.2) is 12.1 Å². The second-order valence-electron chi connectivity index (χ2n) is 6.68. The molecule has 0 saturated carbocycles.